The number of carbonyl (C=O) groups excluding carboxylic acids is 2. The van der Waals surface area contributed by atoms with Crippen molar-refractivity contribution < 1.29 is 19.1 Å². The number of rotatable bonds is 3. The maximum Gasteiger partial charge on any atom is 0.355 e. The van der Waals surface area contributed by atoms with Gasteiger partial charge in [-0.3, -0.25) is 0 Å². The molecular formula is C12H17NO4. The Labute approximate surface area is 100 Å². The smallest absolute Gasteiger partial charge is 0.355 e. The first-order chi connectivity index (χ1) is 7.83. The van der Waals surface area contributed by atoms with Crippen LogP contribution < -0.4 is 0 Å². The van der Waals surface area contributed by atoms with Gasteiger partial charge in [0.1, 0.15) is 11.3 Å². The summed E-state index contributed by atoms with van der Waals surface area (Å²) in [6.45, 7) is 7.35. The highest BCUT2D eigenvalue weighted by Gasteiger charge is 2.20. The molecule has 1 aromatic heterocycles. The molecule has 1 N–H and O–H groups in total. The highest BCUT2D eigenvalue weighted by Crippen LogP contribution is 2.12. The summed E-state index contributed by atoms with van der Waals surface area (Å²) in [5.41, 5.74) is -0.0116. The summed E-state index contributed by atoms with van der Waals surface area (Å²) >= 11 is 0. The van der Waals surface area contributed by atoms with E-state index in [1.807, 2.05) is 0 Å². The van der Waals surface area contributed by atoms with Gasteiger partial charge < -0.3 is 14.5 Å². The number of aromatic nitrogens is 1. The van der Waals surface area contributed by atoms with Crippen molar-refractivity contribution in [1.82, 2.24) is 4.98 Å². The Bertz CT molecular complexity index is 414. The average molecular weight is 239 g/mol. The first-order valence-corrected chi connectivity index (χ1v) is 5.42. The van der Waals surface area contributed by atoms with Crippen LogP contribution >= 0.6 is 0 Å². The molecule has 0 unspecified atom stereocenters. The molecule has 0 aromatic carbocycles. The number of hydrogen-bond acceptors (Lipinski definition) is 4. The Morgan fingerprint density at radius 2 is 1.94 bits per heavy atom. The van der Waals surface area contributed by atoms with Crippen LogP contribution in [0, 0.1) is 0 Å². The Morgan fingerprint density at radius 3 is 2.47 bits per heavy atom. The summed E-state index contributed by atoms with van der Waals surface area (Å²) < 4.78 is 9.97. The van der Waals surface area contributed by atoms with Crippen LogP contribution in [0.5, 0.6) is 0 Å². The zero-order valence-corrected chi connectivity index (χ0v) is 10.5. The van der Waals surface area contributed by atoms with Crippen LogP contribution in [0.3, 0.4) is 0 Å². The van der Waals surface area contributed by atoms with E-state index in [-0.39, 0.29) is 5.69 Å². The van der Waals surface area contributed by atoms with E-state index in [1.165, 1.54) is 12.3 Å². The molecule has 94 valence electrons. The summed E-state index contributed by atoms with van der Waals surface area (Å²) in [7, 11) is 0. The molecule has 0 spiro atoms. The minimum absolute atomic E-state index is 0.239. The van der Waals surface area contributed by atoms with Gasteiger partial charge in [-0.25, -0.2) is 9.59 Å². The average Bonchev–Trinajstić information content (AvgIpc) is 2.63. The van der Waals surface area contributed by atoms with Crippen molar-refractivity contribution in [2.45, 2.75) is 33.3 Å². The number of esters is 2. The van der Waals surface area contributed by atoms with Gasteiger partial charge >= 0.3 is 11.9 Å². The van der Waals surface area contributed by atoms with Crippen LogP contribution in [-0.2, 0) is 9.47 Å². The lowest BCUT2D eigenvalue weighted by Gasteiger charge is -2.18. The number of H-pyrrole nitrogens is 1. The van der Waals surface area contributed by atoms with Crippen LogP contribution in [0.1, 0.15) is 48.5 Å². The van der Waals surface area contributed by atoms with E-state index in [0.29, 0.717) is 12.2 Å². The van der Waals surface area contributed by atoms with Gasteiger partial charge in [0, 0.05) is 6.20 Å². The van der Waals surface area contributed by atoms with Crippen molar-refractivity contribution in [3.63, 3.8) is 0 Å². The summed E-state index contributed by atoms with van der Waals surface area (Å²) in [4.78, 5) is 25.7. The predicted molar refractivity (Wildman–Crippen MR) is 61.9 cm³/mol. The van der Waals surface area contributed by atoms with Crippen LogP contribution in [-0.4, -0.2) is 29.1 Å². The topological polar surface area (TPSA) is 68.4 Å². The first-order valence-electron chi connectivity index (χ1n) is 5.42. The van der Waals surface area contributed by atoms with Crippen molar-refractivity contribution in [3.05, 3.63) is 23.5 Å². The molecule has 0 aliphatic heterocycles. The molecule has 0 atom stereocenters. The lowest BCUT2D eigenvalue weighted by molar-refractivity contribution is 0.00636. The second-order valence-electron chi connectivity index (χ2n) is 4.52. The second kappa shape index (κ2) is 5.03. The van der Waals surface area contributed by atoms with Crippen molar-refractivity contribution in [1.29, 1.82) is 0 Å². The number of nitrogens with one attached hydrogen (secondary N) is 1. The summed E-state index contributed by atoms with van der Waals surface area (Å²) in [6.07, 6.45) is 1.43. The molecule has 0 radical (unpaired) electrons. The van der Waals surface area contributed by atoms with Crippen LogP contribution in [0.4, 0.5) is 0 Å². The number of aromatic amines is 1. The molecule has 1 heterocycles. The van der Waals surface area contributed by atoms with E-state index in [2.05, 4.69) is 4.98 Å². The van der Waals surface area contributed by atoms with Crippen molar-refractivity contribution in [2.24, 2.45) is 0 Å². The highest BCUT2D eigenvalue weighted by atomic mass is 16.6. The van der Waals surface area contributed by atoms with Gasteiger partial charge in [0.25, 0.3) is 0 Å². The Kier molecular flexibility index (Phi) is 3.93. The Balaban J connectivity index is 2.74. The first kappa shape index (κ1) is 13.3. The molecule has 0 saturated carbocycles. The molecule has 0 fully saturated rings. The van der Waals surface area contributed by atoms with Gasteiger partial charge in [0.15, 0.2) is 0 Å². The van der Waals surface area contributed by atoms with Gasteiger partial charge in [-0.2, -0.15) is 0 Å². The normalized spacial score (nSPS) is 11.1. The van der Waals surface area contributed by atoms with Crippen LogP contribution in [0.25, 0.3) is 0 Å². The van der Waals surface area contributed by atoms with Gasteiger partial charge in [-0.15, -0.1) is 0 Å². The van der Waals surface area contributed by atoms with Gasteiger partial charge in [-0.05, 0) is 33.8 Å². The largest absolute Gasteiger partial charge is 0.462 e. The number of hydrogen-bond donors (Lipinski definition) is 1. The second-order valence-corrected chi connectivity index (χ2v) is 4.52. The Hall–Kier alpha value is -1.78. The molecular weight excluding hydrogens is 222 g/mol. The van der Waals surface area contributed by atoms with E-state index >= 15 is 0 Å². The zero-order valence-electron chi connectivity index (χ0n) is 10.5. The van der Waals surface area contributed by atoms with Gasteiger partial charge in [0.05, 0.1) is 12.2 Å². The van der Waals surface area contributed by atoms with Gasteiger partial charge in [0.2, 0.25) is 0 Å². The minimum Gasteiger partial charge on any atom is -0.462 e. The SMILES string of the molecule is CCOC(=O)c1c[nH]c(C(=O)OC(C)(C)C)c1. The highest BCUT2D eigenvalue weighted by molar-refractivity contribution is 5.94. The van der Waals surface area contributed by atoms with Crippen LogP contribution in [0.15, 0.2) is 12.3 Å². The van der Waals surface area contributed by atoms with E-state index in [9.17, 15) is 9.59 Å². The third-order valence-corrected chi connectivity index (χ3v) is 1.81. The summed E-state index contributed by atoms with van der Waals surface area (Å²) in [6, 6.07) is 1.42. The fourth-order valence-electron chi connectivity index (χ4n) is 1.18. The maximum absolute atomic E-state index is 11.6. The minimum atomic E-state index is -0.563. The zero-order chi connectivity index (χ0) is 13.1. The molecule has 0 saturated heterocycles. The van der Waals surface area contributed by atoms with E-state index in [0.717, 1.165) is 0 Å². The number of carbonyl (C=O) groups is 2. The lowest BCUT2D eigenvalue weighted by atomic mass is 10.2. The molecule has 0 bridgehead atoms. The third-order valence-electron chi connectivity index (χ3n) is 1.81. The molecule has 17 heavy (non-hydrogen) atoms. The summed E-state index contributed by atoms with van der Waals surface area (Å²) in [5.74, 6) is -0.952. The molecule has 5 heteroatoms. The van der Waals surface area contributed by atoms with Crippen molar-refractivity contribution in [3.8, 4) is 0 Å². The Morgan fingerprint density at radius 1 is 1.29 bits per heavy atom. The van der Waals surface area contributed by atoms with E-state index < -0.39 is 17.5 Å². The van der Waals surface area contributed by atoms with Crippen molar-refractivity contribution in [2.75, 3.05) is 6.61 Å². The summed E-state index contributed by atoms with van der Waals surface area (Å²) in [5, 5.41) is 0. The predicted octanol–water partition coefficient (Wildman–Crippen LogP) is 2.15. The number of ether oxygens (including phenoxy) is 2. The third kappa shape index (κ3) is 3.94. The molecule has 5 nitrogen and oxygen atoms in total. The van der Waals surface area contributed by atoms with E-state index in [4.69, 9.17) is 9.47 Å². The van der Waals surface area contributed by atoms with E-state index in [1.54, 1.807) is 27.7 Å². The monoisotopic (exact) mass is 239 g/mol. The quantitative estimate of drug-likeness (QED) is 0.820. The molecule has 0 aliphatic rings. The lowest BCUT2D eigenvalue weighted by Crippen LogP contribution is -2.24. The molecule has 0 amide bonds. The van der Waals surface area contributed by atoms with Gasteiger partial charge in [-0.1, -0.05) is 0 Å². The molecule has 1 aromatic rings. The molecule has 0 aliphatic carbocycles. The maximum atomic E-state index is 11.6. The fourth-order valence-corrected chi connectivity index (χ4v) is 1.18. The standard InChI is InChI=1S/C12H17NO4/c1-5-16-10(14)8-6-9(13-7-8)11(15)17-12(2,3)4/h6-7,13H,5H2,1-4H3. The fraction of sp³-hybridized carbons (Fsp3) is 0.500. The molecule has 1 rings (SSSR count). The van der Waals surface area contributed by atoms with Crippen molar-refractivity contribution >= 4 is 11.9 Å². The van der Waals surface area contributed by atoms with Crippen LogP contribution in [0.2, 0.25) is 0 Å².